The van der Waals surface area contributed by atoms with Gasteiger partial charge in [-0.2, -0.15) is 0 Å². The lowest BCUT2D eigenvalue weighted by Gasteiger charge is -2.35. The van der Waals surface area contributed by atoms with E-state index in [4.69, 9.17) is 4.74 Å². The second kappa shape index (κ2) is 2.89. The Morgan fingerprint density at radius 3 is 3.00 bits per heavy atom. The number of fused-ring (bicyclic) bond motifs is 2. The molecule has 0 aromatic carbocycles. The first-order valence-electron chi connectivity index (χ1n) is 5.14. The van der Waals surface area contributed by atoms with Crippen molar-refractivity contribution in [3.63, 3.8) is 0 Å². The van der Waals surface area contributed by atoms with E-state index < -0.39 is 0 Å². The lowest BCUT2D eigenvalue weighted by Crippen LogP contribution is -2.43. The summed E-state index contributed by atoms with van der Waals surface area (Å²) < 4.78 is 5.86. The van der Waals surface area contributed by atoms with Crippen molar-refractivity contribution < 1.29 is 4.74 Å². The van der Waals surface area contributed by atoms with Gasteiger partial charge in [-0.1, -0.05) is 6.08 Å². The third-order valence-corrected chi connectivity index (χ3v) is 3.19. The molecule has 0 atom stereocenters. The molecule has 0 aliphatic carbocycles. The van der Waals surface area contributed by atoms with Gasteiger partial charge in [0.1, 0.15) is 11.9 Å². The summed E-state index contributed by atoms with van der Waals surface area (Å²) in [5.74, 6) is 0. The maximum Gasteiger partial charge on any atom is 0.138 e. The second-order valence-electron chi connectivity index (χ2n) is 3.98. The van der Waals surface area contributed by atoms with Crippen LogP contribution in [0.4, 0.5) is 0 Å². The number of rotatable bonds is 0. The average Bonchev–Trinajstić information content (AvgIpc) is 2.60. The van der Waals surface area contributed by atoms with Gasteiger partial charge < -0.3 is 15.4 Å². The molecule has 3 aliphatic rings. The predicted octanol–water partition coefficient (Wildman–Crippen LogP) is 1.02. The van der Waals surface area contributed by atoms with Crippen molar-refractivity contribution in [2.75, 3.05) is 13.1 Å². The number of nitrogens with one attached hydrogen (secondary N) is 2. The van der Waals surface area contributed by atoms with Crippen LogP contribution in [0.25, 0.3) is 0 Å². The standard InChI is InChI=1S/C11H14N2O/c1-2-9-10(13-5-1)8-14-11(9)3-6-12-7-4-11/h1-2,5,8,12-13H,3-4,6-7H2. The molecule has 0 saturated carbocycles. The van der Waals surface area contributed by atoms with Gasteiger partial charge >= 0.3 is 0 Å². The van der Waals surface area contributed by atoms with Crippen LogP contribution in [0.3, 0.4) is 0 Å². The molecule has 0 unspecified atom stereocenters. The molecule has 0 radical (unpaired) electrons. The van der Waals surface area contributed by atoms with Gasteiger partial charge in [-0.15, -0.1) is 0 Å². The number of piperidine rings is 1. The molecule has 0 aromatic heterocycles. The number of allylic oxidation sites excluding steroid dienone is 2. The smallest absolute Gasteiger partial charge is 0.138 e. The number of ether oxygens (including phenoxy) is 1. The average molecular weight is 190 g/mol. The van der Waals surface area contributed by atoms with Crippen molar-refractivity contribution in [1.29, 1.82) is 0 Å². The molecule has 1 spiro atoms. The minimum absolute atomic E-state index is 0.0433. The molecule has 3 aliphatic heterocycles. The Hall–Kier alpha value is -1.22. The summed E-state index contributed by atoms with van der Waals surface area (Å²) in [6.45, 7) is 2.09. The highest BCUT2D eigenvalue weighted by molar-refractivity contribution is 5.46. The van der Waals surface area contributed by atoms with Crippen LogP contribution in [0, 0.1) is 0 Å². The van der Waals surface area contributed by atoms with Crippen LogP contribution in [-0.4, -0.2) is 18.7 Å². The molecule has 3 heterocycles. The summed E-state index contributed by atoms with van der Waals surface area (Å²) in [7, 11) is 0. The fourth-order valence-corrected chi connectivity index (χ4v) is 2.40. The van der Waals surface area contributed by atoms with Crippen LogP contribution in [0.1, 0.15) is 12.8 Å². The highest BCUT2D eigenvalue weighted by atomic mass is 16.5. The lowest BCUT2D eigenvalue weighted by atomic mass is 9.83. The van der Waals surface area contributed by atoms with Gasteiger partial charge in [0.25, 0.3) is 0 Å². The zero-order valence-electron chi connectivity index (χ0n) is 8.05. The molecule has 3 nitrogen and oxygen atoms in total. The maximum absolute atomic E-state index is 5.86. The normalized spacial score (nSPS) is 27.4. The van der Waals surface area contributed by atoms with Crippen LogP contribution in [0.5, 0.6) is 0 Å². The van der Waals surface area contributed by atoms with Crippen molar-refractivity contribution in [2.24, 2.45) is 0 Å². The van der Waals surface area contributed by atoms with E-state index in [1.165, 1.54) is 5.57 Å². The first kappa shape index (κ1) is 8.12. The molecule has 3 heteroatoms. The second-order valence-corrected chi connectivity index (χ2v) is 3.98. The molecular formula is C11H14N2O. The number of hydrogen-bond acceptors (Lipinski definition) is 3. The molecule has 0 amide bonds. The molecule has 3 rings (SSSR count). The van der Waals surface area contributed by atoms with E-state index in [-0.39, 0.29) is 5.60 Å². The van der Waals surface area contributed by atoms with Crippen molar-refractivity contribution in [3.8, 4) is 0 Å². The van der Waals surface area contributed by atoms with Gasteiger partial charge in [0.15, 0.2) is 0 Å². The van der Waals surface area contributed by atoms with Crippen molar-refractivity contribution in [1.82, 2.24) is 10.6 Å². The monoisotopic (exact) mass is 190 g/mol. The zero-order valence-corrected chi connectivity index (χ0v) is 8.05. The minimum Gasteiger partial charge on any atom is -0.488 e. The van der Waals surface area contributed by atoms with Crippen LogP contribution in [-0.2, 0) is 4.74 Å². The highest BCUT2D eigenvalue weighted by Gasteiger charge is 2.42. The Morgan fingerprint density at radius 1 is 1.29 bits per heavy atom. The summed E-state index contributed by atoms with van der Waals surface area (Å²) in [6.07, 6.45) is 10.1. The topological polar surface area (TPSA) is 33.3 Å². The molecule has 14 heavy (non-hydrogen) atoms. The summed E-state index contributed by atoms with van der Waals surface area (Å²) in [6, 6.07) is 0. The first-order valence-corrected chi connectivity index (χ1v) is 5.14. The fourth-order valence-electron chi connectivity index (χ4n) is 2.40. The molecule has 2 N–H and O–H groups in total. The van der Waals surface area contributed by atoms with Gasteiger partial charge in [-0.3, -0.25) is 0 Å². The van der Waals surface area contributed by atoms with Gasteiger partial charge in [0.2, 0.25) is 0 Å². The van der Waals surface area contributed by atoms with Crippen molar-refractivity contribution >= 4 is 0 Å². The van der Waals surface area contributed by atoms with Crippen LogP contribution >= 0.6 is 0 Å². The third kappa shape index (κ3) is 1.02. The van der Waals surface area contributed by atoms with Gasteiger partial charge in [0, 0.05) is 24.6 Å². The molecule has 0 bridgehead atoms. The van der Waals surface area contributed by atoms with Crippen LogP contribution < -0.4 is 10.6 Å². The summed E-state index contributed by atoms with van der Waals surface area (Å²) in [5.41, 5.74) is 2.41. The van der Waals surface area contributed by atoms with Gasteiger partial charge in [-0.05, 0) is 19.2 Å². The van der Waals surface area contributed by atoms with Gasteiger partial charge in [-0.25, -0.2) is 0 Å². The predicted molar refractivity (Wildman–Crippen MR) is 54.4 cm³/mol. The van der Waals surface area contributed by atoms with E-state index in [1.807, 2.05) is 18.5 Å². The third-order valence-electron chi connectivity index (χ3n) is 3.19. The van der Waals surface area contributed by atoms with E-state index in [0.29, 0.717) is 0 Å². The Kier molecular flexibility index (Phi) is 1.67. The van der Waals surface area contributed by atoms with Gasteiger partial charge in [0.05, 0.1) is 5.70 Å². The highest BCUT2D eigenvalue weighted by Crippen LogP contribution is 2.40. The quantitative estimate of drug-likeness (QED) is 0.598. The molecule has 74 valence electrons. The Labute approximate surface area is 83.5 Å². The van der Waals surface area contributed by atoms with Crippen LogP contribution in [0.2, 0.25) is 0 Å². The maximum atomic E-state index is 5.86. The Balaban J connectivity index is 1.95. The summed E-state index contributed by atoms with van der Waals surface area (Å²) >= 11 is 0. The Morgan fingerprint density at radius 2 is 2.14 bits per heavy atom. The molecule has 1 fully saturated rings. The van der Waals surface area contributed by atoms with E-state index in [2.05, 4.69) is 16.7 Å². The van der Waals surface area contributed by atoms with E-state index in [9.17, 15) is 0 Å². The van der Waals surface area contributed by atoms with E-state index in [1.54, 1.807) is 0 Å². The van der Waals surface area contributed by atoms with E-state index >= 15 is 0 Å². The number of dihydropyridines is 1. The van der Waals surface area contributed by atoms with Crippen LogP contribution in [0.15, 0.2) is 35.9 Å². The largest absolute Gasteiger partial charge is 0.488 e. The van der Waals surface area contributed by atoms with E-state index in [0.717, 1.165) is 31.6 Å². The summed E-state index contributed by atoms with van der Waals surface area (Å²) in [4.78, 5) is 0. The lowest BCUT2D eigenvalue weighted by molar-refractivity contribution is 0.0452. The minimum atomic E-state index is -0.0433. The Bertz CT molecular complexity index is 335. The number of hydrogen-bond donors (Lipinski definition) is 2. The fraction of sp³-hybridized carbons (Fsp3) is 0.455. The molecular weight excluding hydrogens is 176 g/mol. The SMILES string of the molecule is C1=CNC2=COC3(CCNCC3)C2=C1. The summed E-state index contributed by atoms with van der Waals surface area (Å²) in [5, 5.41) is 6.58. The first-order chi connectivity index (χ1) is 6.91. The zero-order chi connectivity index (χ0) is 9.43. The van der Waals surface area contributed by atoms with Crippen molar-refractivity contribution in [3.05, 3.63) is 35.9 Å². The molecule has 1 saturated heterocycles. The molecule has 0 aromatic rings. The van der Waals surface area contributed by atoms with Crippen molar-refractivity contribution in [2.45, 2.75) is 18.4 Å².